The van der Waals surface area contributed by atoms with E-state index in [1.165, 1.54) is 0 Å². The molecule has 4 aromatic rings. The van der Waals surface area contributed by atoms with Gasteiger partial charge in [0.15, 0.2) is 0 Å². The normalized spacial score (nSPS) is 12.7. The van der Waals surface area contributed by atoms with Crippen molar-refractivity contribution in [2.45, 2.75) is 6.54 Å². The quantitative estimate of drug-likeness (QED) is 0.442. The SMILES string of the molecule is O=C1N=C(c2ccc(Cl)cc2)c2c1c(-c1ccc(Cl)cc1)n(Cc1ccncc1)c2O. The fraction of sp³-hybridized carbons (Fsp3) is 0.0417. The Balaban J connectivity index is 1.73. The molecule has 2 aromatic heterocycles. The summed E-state index contributed by atoms with van der Waals surface area (Å²) in [7, 11) is 0. The number of nitrogens with zero attached hydrogens (tertiary/aromatic N) is 3. The molecule has 0 aliphatic carbocycles. The van der Waals surface area contributed by atoms with Crippen LogP contribution in [0.5, 0.6) is 5.88 Å². The number of fused-ring (bicyclic) bond motifs is 1. The monoisotopic (exact) mass is 447 g/mol. The number of pyridine rings is 1. The molecular weight excluding hydrogens is 433 g/mol. The van der Waals surface area contributed by atoms with E-state index >= 15 is 0 Å². The Morgan fingerprint density at radius 3 is 2.00 bits per heavy atom. The summed E-state index contributed by atoms with van der Waals surface area (Å²) in [6.45, 7) is 0.362. The highest BCUT2D eigenvalue weighted by Crippen LogP contribution is 2.41. The van der Waals surface area contributed by atoms with Crippen LogP contribution >= 0.6 is 23.2 Å². The van der Waals surface area contributed by atoms with Gasteiger partial charge in [-0.25, -0.2) is 4.99 Å². The maximum atomic E-state index is 13.0. The van der Waals surface area contributed by atoms with Gasteiger partial charge in [0.2, 0.25) is 5.88 Å². The summed E-state index contributed by atoms with van der Waals surface area (Å²) in [5, 5.41) is 12.4. The van der Waals surface area contributed by atoms with Crippen LogP contribution in [0.4, 0.5) is 0 Å². The molecule has 1 N–H and O–H groups in total. The predicted octanol–water partition coefficient (Wildman–Crippen LogP) is 5.60. The molecule has 0 bridgehead atoms. The van der Waals surface area contributed by atoms with E-state index in [1.54, 1.807) is 53.4 Å². The molecular formula is C24H15Cl2N3O2. The van der Waals surface area contributed by atoms with Gasteiger partial charge in [0, 0.05) is 28.0 Å². The minimum Gasteiger partial charge on any atom is -0.494 e. The summed E-state index contributed by atoms with van der Waals surface area (Å²) >= 11 is 12.1. The van der Waals surface area contributed by atoms with Crippen LogP contribution in [-0.2, 0) is 6.54 Å². The Hall–Kier alpha value is -3.41. The molecule has 0 atom stereocenters. The molecule has 0 radical (unpaired) electrons. The third kappa shape index (κ3) is 3.42. The summed E-state index contributed by atoms with van der Waals surface area (Å²) in [6.07, 6.45) is 3.38. The van der Waals surface area contributed by atoms with E-state index in [0.717, 1.165) is 11.1 Å². The minimum absolute atomic E-state index is 0.0173. The first-order valence-corrected chi connectivity index (χ1v) is 10.3. The Labute approximate surface area is 188 Å². The second kappa shape index (κ2) is 7.69. The number of benzene rings is 2. The van der Waals surface area contributed by atoms with E-state index in [2.05, 4.69) is 9.98 Å². The molecule has 0 spiro atoms. The Bertz CT molecular complexity index is 1330. The number of halogens is 2. The van der Waals surface area contributed by atoms with Gasteiger partial charge in [-0.15, -0.1) is 0 Å². The summed E-state index contributed by atoms with van der Waals surface area (Å²) in [5.74, 6) is -0.412. The Morgan fingerprint density at radius 2 is 1.39 bits per heavy atom. The van der Waals surface area contributed by atoms with Gasteiger partial charge in [0.1, 0.15) is 0 Å². The van der Waals surface area contributed by atoms with Crippen LogP contribution in [0.25, 0.3) is 11.3 Å². The largest absolute Gasteiger partial charge is 0.494 e. The number of carbonyl (C=O) groups is 1. The highest BCUT2D eigenvalue weighted by Gasteiger charge is 2.36. The fourth-order valence-corrected chi connectivity index (χ4v) is 4.05. The zero-order valence-corrected chi connectivity index (χ0v) is 17.6. The van der Waals surface area contributed by atoms with Crippen LogP contribution < -0.4 is 0 Å². The first-order valence-electron chi connectivity index (χ1n) is 9.52. The van der Waals surface area contributed by atoms with Crippen LogP contribution in [-0.4, -0.2) is 26.3 Å². The van der Waals surface area contributed by atoms with Gasteiger partial charge in [0.05, 0.1) is 29.1 Å². The van der Waals surface area contributed by atoms with E-state index in [-0.39, 0.29) is 5.88 Å². The molecule has 2 aromatic carbocycles. The number of aromatic nitrogens is 2. The zero-order chi connectivity index (χ0) is 21.5. The van der Waals surface area contributed by atoms with Gasteiger partial charge in [-0.3, -0.25) is 9.78 Å². The number of hydrogen-bond donors (Lipinski definition) is 1. The molecule has 31 heavy (non-hydrogen) atoms. The smallest absolute Gasteiger partial charge is 0.280 e. The van der Waals surface area contributed by atoms with Crippen molar-refractivity contribution in [1.29, 1.82) is 0 Å². The van der Waals surface area contributed by atoms with E-state index in [9.17, 15) is 9.90 Å². The van der Waals surface area contributed by atoms with Gasteiger partial charge < -0.3 is 9.67 Å². The molecule has 1 amide bonds. The van der Waals surface area contributed by atoms with Crippen molar-refractivity contribution >= 4 is 34.8 Å². The molecule has 1 aliphatic rings. The second-order valence-corrected chi connectivity index (χ2v) is 8.02. The molecule has 5 nitrogen and oxygen atoms in total. The van der Waals surface area contributed by atoms with Gasteiger partial charge in [-0.1, -0.05) is 47.5 Å². The van der Waals surface area contributed by atoms with Crippen molar-refractivity contribution in [3.05, 3.63) is 105 Å². The average molecular weight is 448 g/mol. The lowest BCUT2D eigenvalue weighted by molar-refractivity contribution is 0.101. The van der Waals surface area contributed by atoms with Gasteiger partial charge in [-0.05, 0) is 47.5 Å². The van der Waals surface area contributed by atoms with Crippen molar-refractivity contribution in [3.8, 4) is 17.1 Å². The standard InChI is InChI=1S/C24H15Cl2N3O2/c25-17-5-1-15(2-6-17)21-19-20(23(30)28-21)22(16-3-7-18(26)8-4-16)29(24(19)31)13-14-9-11-27-12-10-14/h1-12,31H,13H2. The lowest BCUT2D eigenvalue weighted by Crippen LogP contribution is -2.05. The van der Waals surface area contributed by atoms with Gasteiger partial charge in [-0.2, -0.15) is 0 Å². The van der Waals surface area contributed by atoms with E-state index < -0.39 is 5.91 Å². The Morgan fingerprint density at radius 1 is 0.806 bits per heavy atom. The third-order valence-corrected chi connectivity index (χ3v) is 5.73. The van der Waals surface area contributed by atoms with Gasteiger partial charge in [0.25, 0.3) is 5.91 Å². The number of rotatable bonds is 4. The van der Waals surface area contributed by atoms with Crippen LogP contribution in [0.2, 0.25) is 10.0 Å². The number of carbonyl (C=O) groups excluding carboxylic acids is 1. The average Bonchev–Trinajstić information content (AvgIpc) is 3.26. The van der Waals surface area contributed by atoms with Gasteiger partial charge >= 0.3 is 0 Å². The number of aromatic hydroxyl groups is 1. The zero-order valence-electron chi connectivity index (χ0n) is 16.1. The molecule has 152 valence electrons. The molecule has 0 saturated heterocycles. The minimum atomic E-state index is -0.395. The van der Waals surface area contributed by atoms with Crippen LogP contribution in [0.1, 0.15) is 27.0 Å². The predicted molar refractivity (Wildman–Crippen MR) is 121 cm³/mol. The van der Waals surface area contributed by atoms with Crippen LogP contribution in [0.3, 0.4) is 0 Å². The molecule has 7 heteroatoms. The van der Waals surface area contributed by atoms with Crippen molar-refractivity contribution < 1.29 is 9.90 Å². The lowest BCUT2D eigenvalue weighted by Gasteiger charge is -2.12. The Kier molecular flexibility index (Phi) is 4.85. The van der Waals surface area contributed by atoms with Crippen molar-refractivity contribution in [1.82, 2.24) is 9.55 Å². The molecule has 5 rings (SSSR count). The summed E-state index contributed by atoms with van der Waals surface area (Å²) in [5.41, 5.74) is 4.22. The first kappa shape index (κ1) is 19.5. The molecule has 3 heterocycles. The van der Waals surface area contributed by atoms with E-state index in [0.29, 0.717) is 44.7 Å². The summed E-state index contributed by atoms with van der Waals surface area (Å²) < 4.78 is 1.73. The van der Waals surface area contributed by atoms with Crippen molar-refractivity contribution in [3.63, 3.8) is 0 Å². The number of aliphatic imine (C=N–C) groups is 1. The highest BCUT2D eigenvalue weighted by atomic mass is 35.5. The number of amides is 1. The van der Waals surface area contributed by atoms with E-state index in [4.69, 9.17) is 23.2 Å². The highest BCUT2D eigenvalue weighted by molar-refractivity contribution is 6.32. The molecule has 0 saturated carbocycles. The second-order valence-electron chi connectivity index (χ2n) is 7.14. The number of hydrogen-bond acceptors (Lipinski definition) is 3. The van der Waals surface area contributed by atoms with Crippen LogP contribution in [0.15, 0.2) is 78.0 Å². The maximum absolute atomic E-state index is 13.0. The topological polar surface area (TPSA) is 67.5 Å². The molecule has 1 aliphatic heterocycles. The van der Waals surface area contributed by atoms with Crippen molar-refractivity contribution in [2.24, 2.45) is 4.99 Å². The maximum Gasteiger partial charge on any atom is 0.280 e. The summed E-state index contributed by atoms with van der Waals surface area (Å²) in [4.78, 5) is 21.3. The third-order valence-electron chi connectivity index (χ3n) is 5.23. The summed E-state index contributed by atoms with van der Waals surface area (Å²) in [6, 6.07) is 17.9. The fourth-order valence-electron chi connectivity index (χ4n) is 3.80. The molecule has 0 unspecified atom stereocenters. The first-order chi connectivity index (χ1) is 15.0. The molecule has 0 fully saturated rings. The van der Waals surface area contributed by atoms with Crippen LogP contribution in [0, 0.1) is 0 Å². The van der Waals surface area contributed by atoms with Crippen molar-refractivity contribution in [2.75, 3.05) is 0 Å². The lowest BCUT2D eigenvalue weighted by atomic mass is 10.0. The van der Waals surface area contributed by atoms with E-state index in [1.807, 2.05) is 24.3 Å².